The lowest BCUT2D eigenvalue weighted by Crippen LogP contribution is -1.85. The van der Waals surface area contributed by atoms with Gasteiger partial charge in [0, 0.05) is 5.88 Å². The molecule has 0 spiro atoms. The number of hydrogen-bond acceptors (Lipinski definition) is 1. The van der Waals surface area contributed by atoms with Crippen molar-refractivity contribution in [3.63, 3.8) is 0 Å². The van der Waals surface area contributed by atoms with Crippen molar-refractivity contribution in [2.45, 2.75) is 5.88 Å². The third kappa shape index (κ3) is 2.37. The van der Waals surface area contributed by atoms with Crippen LogP contribution in [0.3, 0.4) is 0 Å². The molecule has 0 fully saturated rings. The number of halogens is 1. The zero-order valence-electron chi connectivity index (χ0n) is 9.11. The van der Waals surface area contributed by atoms with Gasteiger partial charge in [-0.2, -0.15) is 0 Å². The molecule has 1 nitrogen and oxygen atoms in total. The van der Waals surface area contributed by atoms with Crippen LogP contribution < -0.4 is 4.74 Å². The summed E-state index contributed by atoms with van der Waals surface area (Å²) in [7, 11) is 1.67. The zero-order chi connectivity index (χ0) is 11.4. The molecule has 0 aliphatic carbocycles. The van der Waals surface area contributed by atoms with Crippen molar-refractivity contribution < 1.29 is 4.74 Å². The van der Waals surface area contributed by atoms with E-state index in [-0.39, 0.29) is 0 Å². The lowest BCUT2D eigenvalue weighted by atomic mass is 10.0. The Bertz CT molecular complexity index is 434. The number of rotatable bonds is 3. The van der Waals surface area contributed by atoms with Crippen molar-refractivity contribution in [1.82, 2.24) is 0 Å². The molecule has 0 aliphatic heterocycles. The van der Waals surface area contributed by atoms with Crippen LogP contribution in [0.25, 0.3) is 11.1 Å². The minimum absolute atomic E-state index is 0.539. The monoisotopic (exact) mass is 232 g/mol. The zero-order valence-corrected chi connectivity index (χ0v) is 9.87. The first-order valence-electron chi connectivity index (χ1n) is 5.13. The van der Waals surface area contributed by atoms with Crippen molar-refractivity contribution in [2.75, 3.05) is 7.11 Å². The standard InChI is InChI=1S/C14H13ClO/c1-16-14-7-3-6-13(9-14)12-5-2-4-11(8-12)10-15/h2-9H,10H2,1H3. The van der Waals surface area contributed by atoms with E-state index < -0.39 is 0 Å². The Balaban J connectivity index is 2.41. The molecular formula is C14H13ClO. The van der Waals surface area contributed by atoms with Gasteiger partial charge in [-0.3, -0.25) is 0 Å². The van der Waals surface area contributed by atoms with E-state index in [0.717, 1.165) is 22.4 Å². The van der Waals surface area contributed by atoms with Crippen molar-refractivity contribution in [3.05, 3.63) is 54.1 Å². The molecule has 0 aromatic heterocycles. The molecular weight excluding hydrogens is 220 g/mol. The van der Waals surface area contributed by atoms with Crippen LogP contribution in [0.2, 0.25) is 0 Å². The van der Waals surface area contributed by atoms with Gasteiger partial charge in [0.2, 0.25) is 0 Å². The Morgan fingerprint density at radius 2 is 1.69 bits per heavy atom. The highest BCUT2D eigenvalue weighted by atomic mass is 35.5. The van der Waals surface area contributed by atoms with E-state index in [0.29, 0.717) is 5.88 Å². The van der Waals surface area contributed by atoms with Crippen LogP contribution >= 0.6 is 11.6 Å². The van der Waals surface area contributed by atoms with Crippen LogP contribution in [0.5, 0.6) is 5.75 Å². The second-order valence-electron chi connectivity index (χ2n) is 3.57. The molecule has 16 heavy (non-hydrogen) atoms. The van der Waals surface area contributed by atoms with Gasteiger partial charge < -0.3 is 4.74 Å². The molecule has 0 N–H and O–H groups in total. The second-order valence-corrected chi connectivity index (χ2v) is 3.83. The van der Waals surface area contributed by atoms with Gasteiger partial charge in [-0.1, -0.05) is 30.3 Å². The summed E-state index contributed by atoms with van der Waals surface area (Å²) in [5, 5.41) is 0. The Labute approximate surface area is 101 Å². The van der Waals surface area contributed by atoms with Crippen molar-refractivity contribution >= 4 is 11.6 Å². The maximum atomic E-state index is 5.82. The van der Waals surface area contributed by atoms with Gasteiger partial charge in [0.1, 0.15) is 5.75 Å². The molecule has 0 bridgehead atoms. The van der Waals surface area contributed by atoms with E-state index in [9.17, 15) is 0 Å². The molecule has 0 radical (unpaired) electrons. The fourth-order valence-electron chi connectivity index (χ4n) is 1.64. The Morgan fingerprint density at radius 3 is 2.38 bits per heavy atom. The Kier molecular flexibility index (Phi) is 3.47. The highest BCUT2D eigenvalue weighted by Crippen LogP contribution is 2.24. The van der Waals surface area contributed by atoms with Crippen LogP contribution in [-0.4, -0.2) is 7.11 Å². The van der Waals surface area contributed by atoms with Gasteiger partial charge in [-0.15, -0.1) is 11.6 Å². The average molecular weight is 233 g/mol. The predicted octanol–water partition coefficient (Wildman–Crippen LogP) is 4.10. The molecule has 0 amide bonds. The molecule has 0 heterocycles. The van der Waals surface area contributed by atoms with E-state index >= 15 is 0 Å². The minimum Gasteiger partial charge on any atom is -0.497 e. The summed E-state index contributed by atoms with van der Waals surface area (Å²) in [5.74, 6) is 1.41. The summed E-state index contributed by atoms with van der Waals surface area (Å²) in [5.41, 5.74) is 3.44. The van der Waals surface area contributed by atoms with Gasteiger partial charge in [-0.25, -0.2) is 0 Å². The van der Waals surface area contributed by atoms with E-state index in [1.165, 1.54) is 0 Å². The van der Waals surface area contributed by atoms with Crippen LogP contribution in [0.15, 0.2) is 48.5 Å². The molecule has 2 aromatic carbocycles. The number of alkyl halides is 1. The third-order valence-corrected chi connectivity index (χ3v) is 2.79. The average Bonchev–Trinajstić information content (AvgIpc) is 2.39. The van der Waals surface area contributed by atoms with Gasteiger partial charge in [-0.05, 0) is 34.9 Å². The molecule has 0 saturated carbocycles. The third-order valence-electron chi connectivity index (χ3n) is 2.48. The fourth-order valence-corrected chi connectivity index (χ4v) is 1.80. The van der Waals surface area contributed by atoms with E-state index in [1.807, 2.05) is 30.3 Å². The van der Waals surface area contributed by atoms with Crippen molar-refractivity contribution in [2.24, 2.45) is 0 Å². The van der Waals surface area contributed by atoms with E-state index in [2.05, 4.69) is 18.2 Å². The minimum atomic E-state index is 0.539. The predicted molar refractivity (Wildman–Crippen MR) is 68.0 cm³/mol. The van der Waals surface area contributed by atoms with Gasteiger partial charge in [0.05, 0.1) is 7.11 Å². The fraction of sp³-hybridized carbons (Fsp3) is 0.143. The Morgan fingerprint density at radius 1 is 1.00 bits per heavy atom. The summed E-state index contributed by atoms with van der Waals surface area (Å²) in [6.07, 6.45) is 0. The number of methoxy groups -OCH3 is 1. The molecule has 82 valence electrons. The first kappa shape index (κ1) is 11.0. The maximum absolute atomic E-state index is 5.82. The maximum Gasteiger partial charge on any atom is 0.119 e. The Hall–Kier alpha value is -1.47. The molecule has 0 atom stereocenters. The van der Waals surface area contributed by atoms with Crippen molar-refractivity contribution in [1.29, 1.82) is 0 Å². The molecule has 0 saturated heterocycles. The first-order valence-corrected chi connectivity index (χ1v) is 5.66. The van der Waals surface area contributed by atoms with Gasteiger partial charge >= 0.3 is 0 Å². The number of hydrogen-bond donors (Lipinski definition) is 0. The summed E-state index contributed by atoms with van der Waals surface area (Å²) >= 11 is 5.82. The smallest absolute Gasteiger partial charge is 0.119 e. The lowest BCUT2D eigenvalue weighted by Gasteiger charge is -2.05. The highest BCUT2D eigenvalue weighted by Gasteiger charge is 2.00. The molecule has 0 aliphatic rings. The second kappa shape index (κ2) is 5.04. The van der Waals surface area contributed by atoms with Crippen LogP contribution in [0, 0.1) is 0 Å². The number of ether oxygens (including phenoxy) is 1. The van der Waals surface area contributed by atoms with E-state index in [1.54, 1.807) is 7.11 Å². The summed E-state index contributed by atoms with van der Waals surface area (Å²) in [4.78, 5) is 0. The summed E-state index contributed by atoms with van der Waals surface area (Å²) < 4.78 is 5.21. The lowest BCUT2D eigenvalue weighted by molar-refractivity contribution is 0.415. The van der Waals surface area contributed by atoms with Crippen molar-refractivity contribution in [3.8, 4) is 16.9 Å². The first-order chi connectivity index (χ1) is 7.83. The largest absolute Gasteiger partial charge is 0.497 e. The highest BCUT2D eigenvalue weighted by molar-refractivity contribution is 6.17. The normalized spacial score (nSPS) is 10.1. The van der Waals surface area contributed by atoms with Crippen LogP contribution in [0.1, 0.15) is 5.56 Å². The quantitative estimate of drug-likeness (QED) is 0.724. The topological polar surface area (TPSA) is 9.23 Å². The molecule has 2 heteroatoms. The van der Waals surface area contributed by atoms with E-state index in [4.69, 9.17) is 16.3 Å². The van der Waals surface area contributed by atoms with Gasteiger partial charge in [0.15, 0.2) is 0 Å². The molecule has 0 unspecified atom stereocenters. The summed E-state index contributed by atoms with van der Waals surface area (Å²) in [6, 6.07) is 16.2. The number of benzene rings is 2. The van der Waals surface area contributed by atoms with Crippen LogP contribution in [-0.2, 0) is 5.88 Å². The molecule has 2 aromatic rings. The van der Waals surface area contributed by atoms with Gasteiger partial charge in [0.25, 0.3) is 0 Å². The molecule has 2 rings (SSSR count). The summed E-state index contributed by atoms with van der Waals surface area (Å²) in [6.45, 7) is 0. The van der Waals surface area contributed by atoms with Crippen LogP contribution in [0.4, 0.5) is 0 Å². The SMILES string of the molecule is COc1cccc(-c2cccc(CCl)c2)c1.